The Bertz CT molecular complexity index is 568. The highest BCUT2D eigenvalue weighted by atomic mass is 79.9. The lowest BCUT2D eigenvalue weighted by Gasteiger charge is -2.04. The van der Waals surface area contributed by atoms with Crippen molar-refractivity contribution in [2.45, 2.75) is 6.54 Å². The first-order valence-electron chi connectivity index (χ1n) is 4.76. The predicted octanol–water partition coefficient (Wildman–Crippen LogP) is 3.05. The van der Waals surface area contributed by atoms with Crippen LogP contribution in [0.25, 0.3) is 0 Å². The molecule has 0 unspecified atom stereocenters. The number of aromatic nitrogens is 2. The maximum absolute atomic E-state index is 10.7. The second kappa shape index (κ2) is 4.89. The van der Waals surface area contributed by atoms with E-state index in [0.29, 0.717) is 11.6 Å². The summed E-state index contributed by atoms with van der Waals surface area (Å²) in [6.45, 7) is 0.444. The summed E-state index contributed by atoms with van der Waals surface area (Å²) in [4.78, 5) is 10.7. The van der Waals surface area contributed by atoms with Crippen LogP contribution in [0, 0.1) is 0 Å². The van der Waals surface area contributed by atoms with Gasteiger partial charge in [0, 0.05) is 15.7 Å². The van der Waals surface area contributed by atoms with Crippen molar-refractivity contribution < 1.29 is 9.90 Å². The van der Waals surface area contributed by atoms with E-state index in [-0.39, 0.29) is 5.56 Å². The minimum Gasteiger partial charge on any atom is -0.478 e. The Labute approximate surface area is 111 Å². The van der Waals surface area contributed by atoms with Gasteiger partial charge in [-0.05, 0) is 17.7 Å². The molecule has 0 atom stereocenters. The maximum Gasteiger partial charge on any atom is 0.338 e. The van der Waals surface area contributed by atoms with Crippen molar-refractivity contribution in [3.63, 3.8) is 0 Å². The number of hydrogen-bond acceptors (Lipinski definition) is 2. The number of nitrogens with zero attached hydrogens (tertiary/aromatic N) is 2. The van der Waals surface area contributed by atoms with Gasteiger partial charge in [-0.25, -0.2) is 4.79 Å². The maximum atomic E-state index is 10.7. The van der Waals surface area contributed by atoms with E-state index in [1.807, 2.05) is 12.1 Å². The minimum absolute atomic E-state index is 0.165. The van der Waals surface area contributed by atoms with Crippen molar-refractivity contribution in [1.29, 1.82) is 0 Å². The number of aromatic carboxylic acids is 1. The van der Waals surface area contributed by atoms with Gasteiger partial charge in [0.1, 0.15) is 0 Å². The van der Waals surface area contributed by atoms with Crippen LogP contribution in [0.15, 0.2) is 35.1 Å². The SMILES string of the molecule is O=C(O)c1cnn(Cc2ccc(Br)cc2Cl)c1. The van der Waals surface area contributed by atoms with E-state index in [0.717, 1.165) is 10.0 Å². The standard InChI is InChI=1S/C11H8BrClN2O2/c12-9-2-1-7(10(13)3-9)5-15-6-8(4-14-15)11(16)17/h1-4,6H,5H2,(H,16,17). The van der Waals surface area contributed by atoms with Gasteiger partial charge in [-0.1, -0.05) is 33.6 Å². The van der Waals surface area contributed by atoms with E-state index < -0.39 is 5.97 Å². The smallest absolute Gasteiger partial charge is 0.338 e. The van der Waals surface area contributed by atoms with Gasteiger partial charge in [0.2, 0.25) is 0 Å². The molecule has 6 heteroatoms. The number of hydrogen-bond donors (Lipinski definition) is 1. The van der Waals surface area contributed by atoms with Crippen LogP contribution >= 0.6 is 27.5 Å². The Morgan fingerprint density at radius 3 is 2.88 bits per heavy atom. The largest absolute Gasteiger partial charge is 0.478 e. The Hall–Kier alpha value is -1.33. The molecule has 0 aliphatic rings. The molecule has 1 aromatic heterocycles. The summed E-state index contributed by atoms with van der Waals surface area (Å²) in [6, 6.07) is 5.54. The van der Waals surface area contributed by atoms with Gasteiger partial charge < -0.3 is 5.11 Å². The third-order valence-corrected chi connectivity index (χ3v) is 3.07. The number of carboxylic acid groups (broad SMARTS) is 1. The fourth-order valence-electron chi connectivity index (χ4n) is 1.38. The molecule has 0 bridgehead atoms. The second-order valence-electron chi connectivity index (χ2n) is 3.47. The van der Waals surface area contributed by atoms with E-state index in [4.69, 9.17) is 16.7 Å². The summed E-state index contributed by atoms with van der Waals surface area (Å²) in [7, 11) is 0. The fourth-order valence-corrected chi connectivity index (χ4v) is 2.12. The Morgan fingerprint density at radius 2 is 2.29 bits per heavy atom. The van der Waals surface area contributed by atoms with Crippen LogP contribution in [0.3, 0.4) is 0 Å². The minimum atomic E-state index is -0.988. The van der Waals surface area contributed by atoms with Gasteiger partial charge in [-0.2, -0.15) is 5.10 Å². The molecule has 0 aliphatic heterocycles. The normalized spacial score (nSPS) is 10.5. The lowest BCUT2D eigenvalue weighted by Crippen LogP contribution is -2.01. The molecule has 17 heavy (non-hydrogen) atoms. The summed E-state index contributed by atoms with van der Waals surface area (Å²) < 4.78 is 2.44. The van der Waals surface area contributed by atoms with Crippen LogP contribution in [0.5, 0.6) is 0 Å². The summed E-state index contributed by atoms with van der Waals surface area (Å²) in [5, 5.41) is 13.3. The average Bonchev–Trinajstić information content (AvgIpc) is 2.71. The molecule has 0 saturated carbocycles. The van der Waals surface area contributed by atoms with E-state index in [9.17, 15) is 4.79 Å². The predicted molar refractivity (Wildman–Crippen MR) is 67.4 cm³/mol. The number of benzene rings is 1. The van der Waals surface area contributed by atoms with Crippen LogP contribution in [0.4, 0.5) is 0 Å². The molecule has 2 rings (SSSR count). The summed E-state index contributed by atoms with van der Waals surface area (Å²) in [5.74, 6) is -0.988. The van der Waals surface area contributed by atoms with E-state index in [1.54, 1.807) is 10.7 Å². The lowest BCUT2D eigenvalue weighted by atomic mass is 10.2. The number of carboxylic acids is 1. The van der Waals surface area contributed by atoms with Gasteiger partial charge in [-0.3, -0.25) is 4.68 Å². The van der Waals surface area contributed by atoms with Crippen molar-refractivity contribution in [2.75, 3.05) is 0 Å². The highest BCUT2D eigenvalue weighted by molar-refractivity contribution is 9.10. The Morgan fingerprint density at radius 1 is 1.53 bits per heavy atom. The molecular formula is C11H8BrClN2O2. The van der Waals surface area contributed by atoms with E-state index in [1.165, 1.54) is 12.4 Å². The molecule has 4 nitrogen and oxygen atoms in total. The summed E-state index contributed by atoms with van der Waals surface area (Å²) >= 11 is 9.38. The monoisotopic (exact) mass is 314 g/mol. The lowest BCUT2D eigenvalue weighted by molar-refractivity contribution is 0.0697. The zero-order valence-corrected chi connectivity index (χ0v) is 10.9. The summed E-state index contributed by atoms with van der Waals surface area (Å²) in [6.07, 6.45) is 2.79. The van der Waals surface area contributed by atoms with Crippen LogP contribution in [0.2, 0.25) is 5.02 Å². The van der Waals surface area contributed by atoms with Gasteiger partial charge in [-0.15, -0.1) is 0 Å². The molecule has 1 aromatic carbocycles. The van der Waals surface area contributed by atoms with Crippen LogP contribution in [0.1, 0.15) is 15.9 Å². The van der Waals surface area contributed by atoms with Gasteiger partial charge >= 0.3 is 5.97 Å². The molecule has 88 valence electrons. The molecule has 0 radical (unpaired) electrons. The second-order valence-corrected chi connectivity index (χ2v) is 4.79. The molecule has 2 aromatic rings. The van der Waals surface area contributed by atoms with Crippen molar-refractivity contribution >= 4 is 33.5 Å². The Balaban J connectivity index is 2.22. The molecule has 0 aliphatic carbocycles. The van der Waals surface area contributed by atoms with Gasteiger partial charge in [0.05, 0.1) is 18.3 Å². The van der Waals surface area contributed by atoms with Crippen LogP contribution < -0.4 is 0 Å². The first kappa shape index (κ1) is 12.1. The van der Waals surface area contributed by atoms with Crippen molar-refractivity contribution in [3.05, 3.63) is 51.2 Å². The first-order chi connectivity index (χ1) is 8.06. The third kappa shape index (κ3) is 2.87. The average molecular weight is 316 g/mol. The van der Waals surface area contributed by atoms with Crippen molar-refractivity contribution in [1.82, 2.24) is 9.78 Å². The molecule has 0 fully saturated rings. The van der Waals surface area contributed by atoms with Crippen LogP contribution in [-0.2, 0) is 6.54 Å². The molecule has 0 amide bonds. The molecular weight excluding hydrogens is 307 g/mol. The molecule has 1 heterocycles. The van der Waals surface area contributed by atoms with Crippen molar-refractivity contribution in [2.24, 2.45) is 0 Å². The molecule has 0 saturated heterocycles. The highest BCUT2D eigenvalue weighted by Crippen LogP contribution is 2.22. The quantitative estimate of drug-likeness (QED) is 0.947. The number of carbonyl (C=O) groups is 1. The number of halogens is 2. The number of rotatable bonds is 3. The van der Waals surface area contributed by atoms with E-state index in [2.05, 4.69) is 21.0 Å². The van der Waals surface area contributed by atoms with Gasteiger partial charge in [0.25, 0.3) is 0 Å². The summed E-state index contributed by atoms with van der Waals surface area (Å²) in [5.41, 5.74) is 1.05. The third-order valence-electron chi connectivity index (χ3n) is 2.23. The topological polar surface area (TPSA) is 55.1 Å². The zero-order chi connectivity index (χ0) is 12.4. The molecule has 0 spiro atoms. The highest BCUT2D eigenvalue weighted by Gasteiger charge is 2.07. The first-order valence-corrected chi connectivity index (χ1v) is 5.93. The fraction of sp³-hybridized carbons (Fsp3) is 0.0909. The Kier molecular flexibility index (Phi) is 3.49. The van der Waals surface area contributed by atoms with E-state index >= 15 is 0 Å². The van der Waals surface area contributed by atoms with Gasteiger partial charge in [0.15, 0.2) is 0 Å². The van der Waals surface area contributed by atoms with Crippen LogP contribution in [-0.4, -0.2) is 20.9 Å². The zero-order valence-electron chi connectivity index (χ0n) is 8.60. The molecule has 1 N–H and O–H groups in total. The van der Waals surface area contributed by atoms with Crippen molar-refractivity contribution in [3.8, 4) is 0 Å².